The summed E-state index contributed by atoms with van der Waals surface area (Å²) in [7, 11) is 0. The standard InChI is InChI=1S/C22H31N5O2S/c1-5-27-19(13-20(28)23-18-11-10-14(2)15(3)12-18)25-26-22(27)30-16(4)21(29)24-17-8-6-7-9-17/h10-12,16-17H,5-9,13H2,1-4H3,(H,23,28)(H,24,29)/t16-/m0/s1. The van der Waals surface area contributed by atoms with Crippen LogP contribution in [0.3, 0.4) is 0 Å². The molecule has 1 saturated carbocycles. The predicted octanol–water partition coefficient (Wildman–Crippen LogP) is 3.64. The summed E-state index contributed by atoms with van der Waals surface area (Å²) in [6.45, 7) is 8.57. The number of rotatable bonds is 8. The fourth-order valence-electron chi connectivity index (χ4n) is 3.62. The van der Waals surface area contributed by atoms with Gasteiger partial charge in [0.05, 0.1) is 11.7 Å². The van der Waals surface area contributed by atoms with Crippen molar-refractivity contribution < 1.29 is 9.59 Å². The van der Waals surface area contributed by atoms with Crippen molar-refractivity contribution in [3.63, 3.8) is 0 Å². The molecule has 1 aromatic carbocycles. The summed E-state index contributed by atoms with van der Waals surface area (Å²) in [4.78, 5) is 25.0. The highest BCUT2D eigenvalue weighted by Gasteiger charge is 2.24. The number of anilines is 1. The van der Waals surface area contributed by atoms with E-state index < -0.39 is 0 Å². The molecule has 2 N–H and O–H groups in total. The fraction of sp³-hybridized carbons (Fsp3) is 0.545. The van der Waals surface area contributed by atoms with E-state index in [0.29, 0.717) is 23.6 Å². The molecule has 8 heteroatoms. The maximum atomic E-state index is 12.5. The first-order valence-electron chi connectivity index (χ1n) is 10.6. The minimum atomic E-state index is -0.266. The minimum absolute atomic E-state index is 0.0339. The first kappa shape index (κ1) is 22.3. The van der Waals surface area contributed by atoms with Gasteiger partial charge in [0.1, 0.15) is 5.82 Å². The van der Waals surface area contributed by atoms with E-state index in [2.05, 4.69) is 20.8 Å². The van der Waals surface area contributed by atoms with Crippen LogP contribution in [0.5, 0.6) is 0 Å². The lowest BCUT2D eigenvalue weighted by molar-refractivity contribution is -0.121. The molecule has 162 valence electrons. The lowest BCUT2D eigenvalue weighted by Crippen LogP contribution is -2.37. The molecule has 1 heterocycles. The van der Waals surface area contributed by atoms with Crippen molar-refractivity contribution in [1.29, 1.82) is 0 Å². The van der Waals surface area contributed by atoms with Gasteiger partial charge in [-0.15, -0.1) is 10.2 Å². The van der Waals surface area contributed by atoms with E-state index in [4.69, 9.17) is 0 Å². The number of hydrogen-bond acceptors (Lipinski definition) is 5. The van der Waals surface area contributed by atoms with Gasteiger partial charge in [-0.1, -0.05) is 30.7 Å². The van der Waals surface area contributed by atoms with Crippen LogP contribution < -0.4 is 10.6 Å². The third-order valence-electron chi connectivity index (χ3n) is 5.57. The average Bonchev–Trinajstić information content (AvgIpc) is 3.34. The maximum absolute atomic E-state index is 12.5. The smallest absolute Gasteiger partial charge is 0.233 e. The molecule has 0 radical (unpaired) electrons. The van der Waals surface area contributed by atoms with Crippen molar-refractivity contribution in [2.24, 2.45) is 0 Å². The van der Waals surface area contributed by atoms with Gasteiger partial charge in [-0.3, -0.25) is 9.59 Å². The first-order chi connectivity index (χ1) is 14.4. The summed E-state index contributed by atoms with van der Waals surface area (Å²) in [6, 6.07) is 6.15. The number of aromatic nitrogens is 3. The monoisotopic (exact) mass is 429 g/mol. The van der Waals surface area contributed by atoms with E-state index >= 15 is 0 Å². The van der Waals surface area contributed by atoms with Crippen molar-refractivity contribution in [3.05, 3.63) is 35.2 Å². The van der Waals surface area contributed by atoms with Gasteiger partial charge in [-0.2, -0.15) is 0 Å². The second-order valence-electron chi connectivity index (χ2n) is 7.92. The molecule has 1 aromatic heterocycles. The zero-order valence-electron chi connectivity index (χ0n) is 18.2. The molecule has 2 amide bonds. The normalized spacial score (nSPS) is 15.2. The van der Waals surface area contributed by atoms with Crippen LogP contribution in [-0.2, 0) is 22.6 Å². The molecule has 2 aromatic rings. The van der Waals surface area contributed by atoms with E-state index in [1.54, 1.807) is 0 Å². The number of carbonyl (C=O) groups is 2. The third kappa shape index (κ3) is 5.62. The molecule has 0 bridgehead atoms. The molecule has 1 fully saturated rings. The SMILES string of the molecule is CCn1c(CC(=O)Nc2ccc(C)c(C)c2)nnc1S[C@@H](C)C(=O)NC1CCCC1. The van der Waals surface area contributed by atoms with Crippen LogP contribution in [-0.4, -0.2) is 37.9 Å². The largest absolute Gasteiger partial charge is 0.352 e. The molecule has 3 rings (SSSR count). The third-order valence-corrected chi connectivity index (χ3v) is 6.65. The predicted molar refractivity (Wildman–Crippen MR) is 120 cm³/mol. The Hall–Kier alpha value is -2.35. The topological polar surface area (TPSA) is 88.9 Å². The van der Waals surface area contributed by atoms with Crippen molar-refractivity contribution >= 4 is 29.3 Å². The van der Waals surface area contributed by atoms with Crippen LogP contribution in [0, 0.1) is 13.8 Å². The lowest BCUT2D eigenvalue weighted by atomic mass is 10.1. The fourth-order valence-corrected chi connectivity index (χ4v) is 4.56. The number of aryl methyl sites for hydroxylation is 2. The van der Waals surface area contributed by atoms with Gasteiger partial charge in [-0.25, -0.2) is 0 Å². The van der Waals surface area contributed by atoms with Gasteiger partial charge in [0, 0.05) is 18.3 Å². The van der Waals surface area contributed by atoms with Gasteiger partial charge in [0.25, 0.3) is 0 Å². The van der Waals surface area contributed by atoms with Crippen molar-refractivity contribution in [2.45, 2.75) is 82.8 Å². The van der Waals surface area contributed by atoms with E-state index in [0.717, 1.165) is 24.1 Å². The van der Waals surface area contributed by atoms with E-state index in [-0.39, 0.29) is 23.5 Å². The molecular formula is C22H31N5O2S. The van der Waals surface area contributed by atoms with Gasteiger partial charge < -0.3 is 15.2 Å². The summed E-state index contributed by atoms with van der Waals surface area (Å²) in [5.74, 6) is 0.500. The number of nitrogens with zero attached hydrogens (tertiary/aromatic N) is 3. The van der Waals surface area contributed by atoms with Crippen LogP contribution >= 0.6 is 11.8 Å². The molecule has 30 heavy (non-hydrogen) atoms. The highest BCUT2D eigenvalue weighted by molar-refractivity contribution is 8.00. The van der Waals surface area contributed by atoms with E-state index in [9.17, 15) is 9.59 Å². The molecule has 0 spiro atoms. The van der Waals surface area contributed by atoms with Crippen molar-refractivity contribution in [2.75, 3.05) is 5.32 Å². The Bertz CT molecular complexity index is 905. The highest BCUT2D eigenvalue weighted by atomic mass is 32.2. The Balaban J connectivity index is 1.60. The molecule has 1 aliphatic rings. The van der Waals surface area contributed by atoms with Gasteiger partial charge >= 0.3 is 0 Å². The van der Waals surface area contributed by atoms with Crippen molar-refractivity contribution in [1.82, 2.24) is 20.1 Å². The Kier molecular flexibility index (Phi) is 7.53. The number of amides is 2. The van der Waals surface area contributed by atoms with Crippen molar-refractivity contribution in [3.8, 4) is 0 Å². The van der Waals surface area contributed by atoms with E-state index in [1.165, 1.54) is 30.2 Å². The summed E-state index contributed by atoms with van der Waals surface area (Å²) in [5.41, 5.74) is 3.09. The molecule has 1 atom stereocenters. The second kappa shape index (κ2) is 10.1. The number of carbonyl (C=O) groups excluding carboxylic acids is 2. The molecular weight excluding hydrogens is 398 g/mol. The van der Waals surface area contributed by atoms with Crippen LogP contribution in [0.4, 0.5) is 5.69 Å². The van der Waals surface area contributed by atoms with Crippen LogP contribution in [0.1, 0.15) is 56.5 Å². The minimum Gasteiger partial charge on any atom is -0.352 e. The molecule has 0 aliphatic heterocycles. The van der Waals surface area contributed by atoms with Crippen LogP contribution in [0.25, 0.3) is 0 Å². The summed E-state index contributed by atoms with van der Waals surface area (Å²) >= 11 is 1.39. The average molecular weight is 430 g/mol. The number of hydrogen-bond donors (Lipinski definition) is 2. The summed E-state index contributed by atoms with van der Waals surface area (Å²) < 4.78 is 1.91. The number of thioether (sulfide) groups is 1. The quantitative estimate of drug-likeness (QED) is 0.626. The lowest BCUT2D eigenvalue weighted by Gasteiger charge is -2.16. The maximum Gasteiger partial charge on any atom is 0.233 e. The van der Waals surface area contributed by atoms with E-state index in [1.807, 2.05) is 50.5 Å². The van der Waals surface area contributed by atoms with Gasteiger partial charge in [0.15, 0.2) is 5.16 Å². The second-order valence-corrected chi connectivity index (χ2v) is 9.23. The molecule has 0 unspecified atom stereocenters. The van der Waals surface area contributed by atoms with Gasteiger partial charge in [-0.05, 0) is 63.8 Å². The molecule has 7 nitrogen and oxygen atoms in total. The Morgan fingerprint density at radius 2 is 1.93 bits per heavy atom. The zero-order valence-corrected chi connectivity index (χ0v) is 19.0. The van der Waals surface area contributed by atoms with Gasteiger partial charge in [0.2, 0.25) is 11.8 Å². The number of nitrogens with one attached hydrogen (secondary N) is 2. The van der Waals surface area contributed by atoms with Crippen LogP contribution in [0.15, 0.2) is 23.4 Å². The molecule has 0 saturated heterocycles. The van der Waals surface area contributed by atoms with Crippen LogP contribution in [0.2, 0.25) is 0 Å². The number of benzene rings is 1. The Labute approximate surface area is 182 Å². The summed E-state index contributed by atoms with van der Waals surface area (Å²) in [5, 5.41) is 14.9. The first-order valence-corrected chi connectivity index (χ1v) is 11.5. The molecule has 1 aliphatic carbocycles. The Morgan fingerprint density at radius 1 is 1.20 bits per heavy atom. The summed E-state index contributed by atoms with van der Waals surface area (Å²) in [6.07, 6.45) is 4.63. The zero-order chi connectivity index (χ0) is 21.7. The highest BCUT2D eigenvalue weighted by Crippen LogP contribution is 2.24. The Morgan fingerprint density at radius 3 is 2.60 bits per heavy atom.